The molecule has 0 saturated carbocycles. The van der Waals surface area contributed by atoms with Crippen LogP contribution in [0.4, 0.5) is 11.4 Å². The number of halogens is 1. The summed E-state index contributed by atoms with van der Waals surface area (Å²) in [5, 5.41) is 10.7. The van der Waals surface area contributed by atoms with Crippen LogP contribution < -0.4 is 20.9 Å². The van der Waals surface area contributed by atoms with Crippen molar-refractivity contribution in [1.82, 2.24) is 15.1 Å². The molecule has 0 saturated heterocycles. The number of anilines is 2. The second kappa shape index (κ2) is 11.7. The molecule has 0 radical (unpaired) electrons. The summed E-state index contributed by atoms with van der Waals surface area (Å²) >= 11 is 6.15. The molecule has 0 bridgehead atoms. The number of hydrogen-bond acceptors (Lipinski definition) is 6. The molecule has 0 aliphatic heterocycles. The minimum Gasteiger partial charge on any atom is -0.453 e. The zero-order valence-electron chi connectivity index (χ0n) is 20.7. The molecule has 190 valence electrons. The van der Waals surface area contributed by atoms with Crippen molar-refractivity contribution in [2.45, 2.75) is 13.8 Å². The lowest BCUT2D eigenvalue weighted by molar-refractivity contribution is 0.0937. The normalized spacial score (nSPS) is 10.7. The Morgan fingerprint density at radius 3 is 2.59 bits per heavy atom. The van der Waals surface area contributed by atoms with E-state index in [2.05, 4.69) is 15.7 Å². The van der Waals surface area contributed by atoms with E-state index in [1.165, 1.54) is 10.9 Å². The van der Waals surface area contributed by atoms with Gasteiger partial charge in [0.2, 0.25) is 0 Å². The average molecular weight is 519 g/mol. The van der Waals surface area contributed by atoms with Crippen molar-refractivity contribution in [2.75, 3.05) is 25.6 Å². The third-order valence-corrected chi connectivity index (χ3v) is 5.92. The Morgan fingerprint density at radius 1 is 1.03 bits per heavy atom. The Hall–Kier alpha value is -4.14. The molecule has 1 amide bonds. The first-order valence-corrected chi connectivity index (χ1v) is 12.0. The Kier molecular flexibility index (Phi) is 8.22. The van der Waals surface area contributed by atoms with Crippen molar-refractivity contribution in [2.24, 2.45) is 0 Å². The van der Waals surface area contributed by atoms with E-state index in [0.717, 1.165) is 11.1 Å². The number of nitrogens with one attached hydrogen (secondary N) is 2. The highest BCUT2D eigenvalue weighted by atomic mass is 35.5. The molecule has 3 aromatic carbocycles. The lowest BCUT2D eigenvalue weighted by atomic mass is 10.1. The molecule has 0 spiro atoms. The van der Waals surface area contributed by atoms with Gasteiger partial charge in [-0.2, -0.15) is 9.78 Å². The number of carbonyl (C=O) groups excluding carboxylic acids is 1. The van der Waals surface area contributed by atoms with E-state index in [-0.39, 0.29) is 17.3 Å². The minimum absolute atomic E-state index is 0.158. The summed E-state index contributed by atoms with van der Waals surface area (Å²) in [6.07, 6.45) is 1.47. The van der Waals surface area contributed by atoms with E-state index < -0.39 is 5.56 Å². The number of ether oxygens (including phenoxy) is 2. The van der Waals surface area contributed by atoms with Gasteiger partial charge in [-0.05, 0) is 73.5 Å². The Morgan fingerprint density at radius 2 is 1.84 bits per heavy atom. The van der Waals surface area contributed by atoms with Crippen molar-refractivity contribution < 1.29 is 14.3 Å². The van der Waals surface area contributed by atoms with Crippen LogP contribution in [-0.2, 0) is 4.74 Å². The lowest BCUT2D eigenvalue weighted by Gasteiger charge is -2.15. The Labute approximate surface area is 219 Å². The van der Waals surface area contributed by atoms with Gasteiger partial charge >= 0.3 is 0 Å². The van der Waals surface area contributed by atoms with E-state index in [4.69, 9.17) is 21.1 Å². The number of nitrogens with zero attached hydrogens (tertiary/aromatic N) is 2. The standard InChI is InChI=1S/C28H27ClN4O4/c1-18-10-11-24(14-19(18)2)37-25-17-31-33(23-9-5-7-21(29)16-23)28(35)26(25)32-22-8-4-6-20(15-22)27(34)30-12-13-36-3/h4-11,14-17,32H,12-13H2,1-3H3,(H,30,34). The van der Waals surface area contributed by atoms with Crippen LogP contribution >= 0.6 is 11.6 Å². The summed E-state index contributed by atoms with van der Waals surface area (Å²) < 4.78 is 12.3. The van der Waals surface area contributed by atoms with Crippen LogP contribution in [0.2, 0.25) is 5.02 Å². The van der Waals surface area contributed by atoms with Crippen LogP contribution in [0.25, 0.3) is 5.69 Å². The second-order valence-electron chi connectivity index (χ2n) is 8.38. The van der Waals surface area contributed by atoms with E-state index in [9.17, 15) is 9.59 Å². The Balaban J connectivity index is 1.73. The SMILES string of the molecule is COCCNC(=O)c1cccc(Nc2c(Oc3ccc(C)c(C)c3)cnn(-c3cccc(Cl)c3)c2=O)c1. The molecule has 0 unspecified atom stereocenters. The minimum atomic E-state index is -0.446. The number of benzene rings is 3. The van der Waals surface area contributed by atoms with E-state index in [0.29, 0.717) is 40.9 Å². The molecule has 9 heteroatoms. The predicted octanol–water partition coefficient (Wildman–Crippen LogP) is 5.41. The van der Waals surface area contributed by atoms with Gasteiger partial charge in [-0.3, -0.25) is 9.59 Å². The van der Waals surface area contributed by atoms with Crippen molar-refractivity contribution in [3.8, 4) is 17.2 Å². The first kappa shape index (κ1) is 25.9. The average Bonchev–Trinajstić information content (AvgIpc) is 2.88. The number of amides is 1. The van der Waals surface area contributed by atoms with Crippen molar-refractivity contribution in [1.29, 1.82) is 0 Å². The highest BCUT2D eigenvalue weighted by Gasteiger charge is 2.17. The lowest BCUT2D eigenvalue weighted by Crippen LogP contribution is -2.27. The van der Waals surface area contributed by atoms with Crippen LogP contribution in [0.3, 0.4) is 0 Å². The molecule has 4 rings (SSSR count). The van der Waals surface area contributed by atoms with E-state index >= 15 is 0 Å². The largest absolute Gasteiger partial charge is 0.453 e. The molecule has 0 atom stereocenters. The van der Waals surface area contributed by atoms with Crippen molar-refractivity contribution >= 4 is 28.9 Å². The van der Waals surface area contributed by atoms with Gasteiger partial charge < -0.3 is 20.1 Å². The van der Waals surface area contributed by atoms with E-state index in [1.807, 2.05) is 32.0 Å². The van der Waals surface area contributed by atoms with Crippen molar-refractivity contribution in [3.05, 3.63) is 105 Å². The maximum Gasteiger partial charge on any atom is 0.299 e. The summed E-state index contributed by atoms with van der Waals surface area (Å²) in [5.74, 6) is 0.555. The predicted molar refractivity (Wildman–Crippen MR) is 145 cm³/mol. The van der Waals surface area contributed by atoms with Crippen LogP contribution in [0, 0.1) is 13.8 Å². The zero-order valence-corrected chi connectivity index (χ0v) is 21.5. The number of carbonyl (C=O) groups is 1. The summed E-state index contributed by atoms with van der Waals surface area (Å²) in [7, 11) is 1.57. The van der Waals surface area contributed by atoms with Gasteiger partial charge in [-0.1, -0.05) is 29.8 Å². The third-order valence-electron chi connectivity index (χ3n) is 5.69. The smallest absolute Gasteiger partial charge is 0.299 e. The molecule has 4 aromatic rings. The topological polar surface area (TPSA) is 94.5 Å². The molecule has 1 aromatic heterocycles. The van der Waals surface area contributed by atoms with Crippen LogP contribution in [0.1, 0.15) is 21.5 Å². The first-order chi connectivity index (χ1) is 17.9. The van der Waals surface area contributed by atoms with Crippen LogP contribution in [0.5, 0.6) is 11.5 Å². The molecule has 0 aliphatic rings. The Bertz CT molecular complexity index is 1490. The van der Waals surface area contributed by atoms with E-state index in [1.54, 1.807) is 55.6 Å². The quantitative estimate of drug-likeness (QED) is 0.287. The van der Waals surface area contributed by atoms with Gasteiger partial charge in [0.25, 0.3) is 11.5 Å². The van der Waals surface area contributed by atoms with Crippen LogP contribution in [0.15, 0.2) is 77.7 Å². The fraction of sp³-hybridized carbons (Fsp3) is 0.179. The number of aryl methyl sites for hydroxylation is 2. The fourth-order valence-electron chi connectivity index (χ4n) is 3.58. The highest BCUT2D eigenvalue weighted by molar-refractivity contribution is 6.30. The zero-order chi connectivity index (χ0) is 26.4. The van der Waals surface area contributed by atoms with Gasteiger partial charge in [0.1, 0.15) is 5.75 Å². The molecule has 0 aliphatic carbocycles. The molecular weight excluding hydrogens is 492 g/mol. The third kappa shape index (κ3) is 6.35. The second-order valence-corrected chi connectivity index (χ2v) is 8.82. The first-order valence-electron chi connectivity index (χ1n) is 11.6. The van der Waals surface area contributed by atoms with Gasteiger partial charge in [-0.25, -0.2) is 0 Å². The van der Waals surface area contributed by atoms with Gasteiger partial charge in [0, 0.05) is 29.9 Å². The van der Waals surface area contributed by atoms with Gasteiger partial charge in [0.15, 0.2) is 11.4 Å². The maximum absolute atomic E-state index is 13.6. The molecule has 37 heavy (non-hydrogen) atoms. The summed E-state index contributed by atoms with van der Waals surface area (Å²) in [6, 6.07) is 19.4. The number of hydrogen-bond donors (Lipinski definition) is 2. The van der Waals surface area contributed by atoms with Gasteiger partial charge in [-0.15, -0.1) is 0 Å². The number of methoxy groups -OCH3 is 1. The molecule has 1 heterocycles. The maximum atomic E-state index is 13.6. The summed E-state index contributed by atoms with van der Waals surface area (Å²) in [6.45, 7) is 4.79. The van der Waals surface area contributed by atoms with Crippen LogP contribution in [-0.4, -0.2) is 35.9 Å². The van der Waals surface area contributed by atoms with Gasteiger partial charge in [0.05, 0.1) is 18.5 Å². The monoisotopic (exact) mass is 518 g/mol. The fourth-order valence-corrected chi connectivity index (χ4v) is 3.76. The highest BCUT2D eigenvalue weighted by Crippen LogP contribution is 2.30. The molecule has 0 fully saturated rings. The molecule has 2 N–H and O–H groups in total. The number of rotatable bonds is 9. The van der Waals surface area contributed by atoms with Crippen molar-refractivity contribution in [3.63, 3.8) is 0 Å². The number of aromatic nitrogens is 2. The summed E-state index contributed by atoms with van der Waals surface area (Å²) in [5.41, 5.74) is 3.36. The molecular formula is C28H27ClN4O4. The summed E-state index contributed by atoms with van der Waals surface area (Å²) in [4.78, 5) is 26.2. The molecule has 8 nitrogen and oxygen atoms in total.